The van der Waals surface area contributed by atoms with E-state index in [1.54, 1.807) is 30.7 Å². The second-order valence-electron chi connectivity index (χ2n) is 7.73. The Balaban J connectivity index is 1.75. The number of hydrogen-bond acceptors (Lipinski definition) is 7. The maximum Gasteiger partial charge on any atom is 0.257 e. The number of carbonyl (C=O) groups is 1. The third-order valence-electron chi connectivity index (χ3n) is 5.46. The van der Waals surface area contributed by atoms with E-state index in [4.69, 9.17) is 15.0 Å². The first-order valence-corrected chi connectivity index (χ1v) is 9.38. The zero-order chi connectivity index (χ0) is 20.8. The molecule has 0 saturated carbocycles. The molecule has 0 radical (unpaired) electrons. The van der Waals surface area contributed by atoms with E-state index in [9.17, 15) is 4.79 Å². The number of hydrogen-bond donors (Lipinski definition) is 0. The van der Waals surface area contributed by atoms with Gasteiger partial charge < -0.3 is 9.64 Å². The first-order chi connectivity index (χ1) is 13.9. The minimum Gasteiger partial charge on any atom is -0.495 e. The first kappa shape index (κ1) is 18.9. The van der Waals surface area contributed by atoms with Crippen LogP contribution in [0, 0.1) is 18.3 Å². The Kier molecular flexibility index (Phi) is 4.46. The summed E-state index contributed by atoms with van der Waals surface area (Å²) in [6.07, 6.45) is 5.12. The summed E-state index contributed by atoms with van der Waals surface area (Å²) in [5.41, 5.74) is 3.23. The molecule has 2 aromatic heterocycles. The molecule has 4 rings (SSSR count). The van der Waals surface area contributed by atoms with Crippen LogP contribution in [0.4, 0.5) is 0 Å². The van der Waals surface area contributed by atoms with E-state index in [0.29, 0.717) is 17.9 Å². The van der Waals surface area contributed by atoms with Crippen molar-refractivity contribution in [1.82, 2.24) is 19.9 Å². The molecule has 8 nitrogen and oxygen atoms in total. The highest BCUT2D eigenvalue weighted by Gasteiger charge is 2.49. The van der Waals surface area contributed by atoms with E-state index in [2.05, 4.69) is 16.2 Å². The minimum atomic E-state index is -0.612. The summed E-state index contributed by atoms with van der Waals surface area (Å²) < 4.78 is 5.28. The zero-order valence-corrected chi connectivity index (χ0v) is 16.9. The Morgan fingerprint density at radius 3 is 2.86 bits per heavy atom. The van der Waals surface area contributed by atoms with Crippen molar-refractivity contribution in [2.75, 3.05) is 20.2 Å². The molecule has 0 N–H and O–H groups in total. The fraction of sp³-hybridized carbons (Fsp3) is 0.381. The van der Waals surface area contributed by atoms with Crippen LogP contribution in [0.3, 0.4) is 0 Å². The van der Waals surface area contributed by atoms with Crippen molar-refractivity contribution in [3.63, 3.8) is 0 Å². The van der Waals surface area contributed by atoms with Crippen LogP contribution in [0.5, 0.6) is 5.75 Å². The van der Waals surface area contributed by atoms with Gasteiger partial charge in [-0.2, -0.15) is 10.4 Å². The number of pyridine rings is 2. The van der Waals surface area contributed by atoms with Crippen molar-refractivity contribution >= 4 is 12.1 Å². The molecule has 8 heteroatoms. The molecule has 29 heavy (non-hydrogen) atoms. The molecule has 0 aromatic carbocycles. The highest BCUT2D eigenvalue weighted by molar-refractivity contribution is 6.02. The predicted molar refractivity (Wildman–Crippen MR) is 107 cm³/mol. The molecule has 0 aliphatic carbocycles. The average molecular weight is 390 g/mol. The number of ether oxygens (including phenoxy) is 1. The number of aryl methyl sites for hydroxylation is 1. The number of nitriles is 1. The number of nitrogens with zero attached hydrogens (tertiary/aromatic N) is 6. The lowest BCUT2D eigenvalue weighted by Gasteiger charge is -2.35. The number of rotatable bonds is 4. The van der Waals surface area contributed by atoms with Gasteiger partial charge in [0.2, 0.25) is 0 Å². The van der Waals surface area contributed by atoms with Crippen LogP contribution in [0.25, 0.3) is 11.3 Å². The molecule has 2 aliphatic heterocycles. The lowest BCUT2D eigenvalue weighted by atomic mass is 9.95. The summed E-state index contributed by atoms with van der Waals surface area (Å²) in [4.78, 5) is 24.3. The molecule has 2 aromatic rings. The van der Waals surface area contributed by atoms with E-state index in [0.717, 1.165) is 22.5 Å². The van der Waals surface area contributed by atoms with Gasteiger partial charge in [-0.3, -0.25) is 14.8 Å². The van der Waals surface area contributed by atoms with Gasteiger partial charge >= 0.3 is 0 Å². The average Bonchev–Trinajstić information content (AvgIpc) is 3.22. The summed E-state index contributed by atoms with van der Waals surface area (Å²) in [6, 6.07) is 5.68. The number of amides is 1. The Morgan fingerprint density at radius 1 is 1.34 bits per heavy atom. The Labute approximate surface area is 169 Å². The fourth-order valence-corrected chi connectivity index (χ4v) is 4.07. The van der Waals surface area contributed by atoms with Crippen molar-refractivity contribution in [2.45, 2.75) is 32.4 Å². The predicted octanol–water partition coefficient (Wildman–Crippen LogP) is 2.35. The number of fused-ring (bicyclic) bond motifs is 1. The molecular formula is C21H22N6O2. The Bertz CT molecular complexity index is 1060. The maximum absolute atomic E-state index is 13.3. The largest absolute Gasteiger partial charge is 0.495 e. The van der Waals surface area contributed by atoms with Crippen LogP contribution >= 0.6 is 0 Å². The fourth-order valence-electron chi connectivity index (χ4n) is 4.07. The van der Waals surface area contributed by atoms with Crippen molar-refractivity contribution < 1.29 is 9.53 Å². The topological polar surface area (TPSA) is 94.7 Å². The molecule has 0 saturated heterocycles. The normalized spacial score (nSPS) is 19.4. The number of methoxy groups -OCH3 is 1. The van der Waals surface area contributed by atoms with Gasteiger partial charge in [-0.05, 0) is 38.5 Å². The van der Waals surface area contributed by atoms with Gasteiger partial charge in [-0.1, -0.05) is 0 Å². The SMILES string of the molecule is COc1cncc(-c2cc(C)c3c(n2)C(C)(C)N(C2C=NN(CC#N)C2)C3=O)c1. The Morgan fingerprint density at radius 2 is 2.14 bits per heavy atom. The maximum atomic E-state index is 13.3. The van der Waals surface area contributed by atoms with Gasteiger partial charge in [0.25, 0.3) is 5.91 Å². The monoisotopic (exact) mass is 390 g/mol. The van der Waals surface area contributed by atoms with E-state index in [1.165, 1.54) is 0 Å². The number of aromatic nitrogens is 2. The van der Waals surface area contributed by atoms with Gasteiger partial charge in [0, 0.05) is 18.0 Å². The third-order valence-corrected chi connectivity index (χ3v) is 5.46. The molecule has 1 amide bonds. The number of carbonyl (C=O) groups excluding carboxylic acids is 1. The van der Waals surface area contributed by atoms with Gasteiger partial charge in [0.05, 0.1) is 54.5 Å². The van der Waals surface area contributed by atoms with Gasteiger partial charge in [0.1, 0.15) is 12.3 Å². The molecule has 1 unspecified atom stereocenters. The minimum absolute atomic E-state index is 0.0550. The highest BCUT2D eigenvalue weighted by Crippen LogP contribution is 2.42. The number of hydrazone groups is 1. The second kappa shape index (κ2) is 6.85. The molecular weight excluding hydrogens is 368 g/mol. The third kappa shape index (κ3) is 2.99. The summed E-state index contributed by atoms with van der Waals surface area (Å²) in [5.74, 6) is 0.597. The van der Waals surface area contributed by atoms with Crippen LogP contribution in [-0.4, -0.2) is 58.2 Å². The van der Waals surface area contributed by atoms with E-state index < -0.39 is 5.54 Å². The molecule has 2 aliphatic rings. The summed E-state index contributed by atoms with van der Waals surface area (Å²) in [6.45, 7) is 6.63. The summed E-state index contributed by atoms with van der Waals surface area (Å²) in [7, 11) is 1.60. The molecule has 148 valence electrons. The molecule has 1 atom stereocenters. The van der Waals surface area contributed by atoms with Crippen LogP contribution in [0.1, 0.15) is 35.5 Å². The quantitative estimate of drug-likeness (QED) is 0.744. The van der Waals surface area contributed by atoms with Gasteiger partial charge in [-0.25, -0.2) is 4.98 Å². The highest BCUT2D eigenvalue weighted by atomic mass is 16.5. The van der Waals surface area contributed by atoms with Gasteiger partial charge in [0.15, 0.2) is 0 Å². The van der Waals surface area contributed by atoms with Crippen molar-refractivity contribution in [3.05, 3.63) is 41.3 Å². The van der Waals surface area contributed by atoms with Crippen molar-refractivity contribution in [3.8, 4) is 23.1 Å². The van der Waals surface area contributed by atoms with Crippen molar-refractivity contribution in [1.29, 1.82) is 5.26 Å². The van der Waals surface area contributed by atoms with Gasteiger partial charge in [-0.15, -0.1) is 0 Å². The Hall–Kier alpha value is -3.47. The molecule has 4 heterocycles. The molecule has 0 fully saturated rings. The summed E-state index contributed by atoms with van der Waals surface area (Å²) in [5, 5.41) is 14.9. The van der Waals surface area contributed by atoms with Crippen molar-refractivity contribution in [2.24, 2.45) is 5.10 Å². The van der Waals surface area contributed by atoms with Crippen LogP contribution in [-0.2, 0) is 5.54 Å². The smallest absolute Gasteiger partial charge is 0.257 e. The van der Waals surface area contributed by atoms with E-state index in [-0.39, 0.29) is 18.5 Å². The van der Waals surface area contributed by atoms with E-state index in [1.807, 2.05) is 37.8 Å². The summed E-state index contributed by atoms with van der Waals surface area (Å²) >= 11 is 0. The first-order valence-electron chi connectivity index (χ1n) is 9.38. The lowest BCUT2D eigenvalue weighted by molar-refractivity contribution is 0.0542. The van der Waals surface area contributed by atoms with Crippen LogP contribution in [0.15, 0.2) is 29.6 Å². The zero-order valence-electron chi connectivity index (χ0n) is 16.9. The van der Waals surface area contributed by atoms with E-state index >= 15 is 0 Å². The van der Waals surface area contributed by atoms with Crippen LogP contribution < -0.4 is 4.74 Å². The standard InChI is InChI=1S/C21H22N6O2/c1-13-7-17(14-8-16(29-4)11-23-9-14)25-19-18(13)20(28)27(21(19,2)3)15-10-24-26(12-15)6-5-22/h7-11,15H,6,12H2,1-4H3. The van der Waals surface area contributed by atoms with Crippen LogP contribution in [0.2, 0.25) is 0 Å². The molecule has 0 bridgehead atoms. The second-order valence-corrected chi connectivity index (χ2v) is 7.73. The molecule has 0 spiro atoms. The lowest BCUT2D eigenvalue weighted by Crippen LogP contribution is -2.49.